The van der Waals surface area contributed by atoms with E-state index in [0.29, 0.717) is 11.9 Å². The van der Waals surface area contributed by atoms with Gasteiger partial charge in [0.1, 0.15) is 6.04 Å². The van der Waals surface area contributed by atoms with Gasteiger partial charge < -0.3 is 10.6 Å². The Labute approximate surface area is 113 Å². The molecule has 4 heteroatoms. The van der Waals surface area contributed by atoms with E-state index in [1.807, 2.05) is 22.5 Å². The molecule has 2 heterocycles. The normalized spacial score (nSPS) is 21.7. The third kappa shape index (κ3) is 2.70. The molecule has 2 unspecified atom stereocenters. The third-order valence-corrected chi connectivity index (χ3v) is 4.57. The molecule has 18 heavy (non-hydrogen) atoms. The third-order valence-electron chi connectivity index (χ3n) is 3.27. The molecule has 1 aliphatic rings. The molecule has 0 aliphatic carbocycles. The van der Waals surface area contributed by atoms with E-state index in [9.17, 15) is 0 Å². The summed E-state index contributed by atoms with van der Waals surface area (Å²) < 4.78 is 0. The van der Waals surface area contributed by atoms with Gasteiger partial charge in [-0.25, -0.2) is 0 Å². The van der Waals surface area contributed by atoms with Gasteiger partial charge in [0.25, 0.3) is 0 Å². The van der Waals surface area contributed by atoms with Crippen molar-refractivity contribution in [3.05, 3.63) is 33.8 Å². The number of nitrogens with two attached hydrogens (primary N) is 1. The summed E-state index contributed by atoms with van der Waals surface area (Å²) in [6, 6.07) is 4.95. The zero-order valence-electron chi connectivity index (χ0n) is 11.3. The number of hydroxylamine groups is 2. The molecule has 0 radical (unpaired) electrons. The molecule has 0 bridgehead atoms. The van der Waals surface area contributed by atoms with Gasteiger partial charge in [0.05, 0.1) is 0 Å². The first-order chi connectivity index (χ1) is 8.65. The van der Waals surface area contributed by atoms with Crippen molar-refractivity contribution in [2.45, 2.75) is 52.1 Å². The molecule has 3 nitrogen and oxygen atoms in total. The van der Waals surface area contributed by atoms with E-state index in [1.165, 1.54) is 9.75 Å². The molecule has 0 saturated carbocycles. The van der Waals surface area contributed by atoms with Gasteiger partial charge >= 0.3 is 0 Å². The minimum absolute atomic E-state index is 0.178. The predicted molar refractivity (Wildman–Crippen MR) is 76.0 cm³/mol. The number of nitrogens with zero attached hydrogens (tertiary/aromatic N) is 1. The van der Waals surface area contributed by atoms with E-state index in [-0.39, 0.29) is 6.04 Å². The zero-order chi connectivity index (χ0) is 13.1. The van der Waals surface area contributed by atoms with Gasteiger partial charge in [-0.15, -0.1) is 16.4 Å². The molecule has 1 aromatic rings. The van der Waals surface area contributed by atoms with Crippen LogP contribution in [0.3, 0.4) is 0 Å². The lowest BCUT2D eigenvalue weighted by Crippen LogP contribution is -2.32. The Hall–Kier alpha value is -1.00. The highest BCUT2D eigenvalue weighted by molar-refractivity contribution is 7.12. The molecular formula is C14H22N2OS. The standard InChI is InChI=1S/C14H22N2OS/c1-4-6-10(3)16-12(9-14(15)17-16)13-8-7-11(5-2)18-13/h7-10,12H,4-6,15H2,1-3H3. The summed E-state index contributed by atoms with van der Waals surface area (Å²) in [5.74, 6) is 0.523. The maximum absolute atomic E-state index is 5.83. The maximum atomic E-state index is 5.83. The number of aryl methyl sites for hydroxylation is 1. The Morgan fingerprint density at radius 3 is 2.83 bits per heavy atom. The van der Waals surface area contributed by atoms with Gasteiger partial charge in [0.2, 0.25) is 5.88 Å². The quantitative estimate of drug-likeness (QED) is 0.885. The monoisotopic (exact) mass is 266 g/mol. The molecule has 0 spiro atoms. The average Bonchev–Trinajstić information content (AvgIpc) is 2.95. The summed E-state index contributed by atoms with van der Waals surface area (Å²) in [7, 11) is 0. The van der Waals surface area contributed by atoms with Crippen LogP contribution in [0.2, 0.25) is 0 Å². The molecular weight excluding hydrogens is 244 g/mol. The number of rotatable bonds is 5. The summed E-state index contributed by atoms with van der Waals surface area (Å²) in [6.07, 6.45) is 5.36. The molecule has 0 amide bonds. The fourth-order valence-electron chi connectivity index (χ4n) is 2.30. The van der Waals surface area contributed by atoms with Crippen molar-refractivity contribution >= 4 is 11.3 Å². The molecule has 1 aromatic heterocycles. The fourth-order valence-corrected chi connectivity index (χ4v) is 3.31. The number of hydrogen-bond donors (Lipinski definition) is 1. The predicted octanol–water partition coefficient (Wildman–Crippen LogP) is 3.59. The van der Waals surface area contributed by atoms with Crippen LogP contribution >= 0.6 is 11.3 Å². The van der Waals surface area contributed by atoms with Crippen molar-refractivity contribution in [1.29, 1.82) is 0 Å². The van der Waals surface area contributed by atoms with E-state index in [2.05, 4.69) is 32.9 Å². The Morgan fingerprint density at radius 1 is 1.44 bits per heavy atom. The van der Waals surface area contributed by atoms with Gasteiger partial charge in [0.15, 0.2) is 0 Å². The van der Waals surface area contributed by atoms with Crippen LogP contribution in [-0.2, 0) is 11.3 Å². The summed E-state index contributed by atoms with van der Waals surface area (Å²) in [5.41, 5.74) is 5.83. The first-order valence-corrected chi connectivity index (χ1v) is 7.49. The van der Waals surface area contributed by atoms with Crippen LogP contribution in [0, 0.1) is 0 Å². The van der Waals surface area contributed by atoms with Crippen LogP contribution < -0.4 is 5.73 Å². The first-order valence-electron chi connectivity index (χ1n) is 6.67. The summed E-state index contributed by atoms with van der Waals surface area (Å²) >= 11 is 1.85. The molecule has 1 aliphatic heterocycles. The van der Waals surface area contributed by atoms with Crippen molar-refractivity contribution in [1.82, 2.24) is 5.06 Å². The van der Waals surface area contributed by atoms with E-state index >= 15 is 0 Å². The largest absolute Gasteiger partial charge is 0.387 e. The van der Waals surface area contributed by atoms with Crippen molar-refractivity contribution < 1.29 is 4.84 Å². The Morgan fingerprint density at radius 2 is 2.22 bits per heavy atom. The van der Waals surface area contributed by atoms with Crippen LogP contribution in [0.5, 0.6) is 0 Å². The van der Waals surface area contributed by atoms with Crippen molar-refractivity contribution in [2.24, 2.45) is 5.73 Å². The first kappa shape index (κ1) is 13.4. The smallest absolute Gasteiger partial charge is 0.207 e. The summed E-state index contributed by atoms with van der Waals surface area (Å²) in [5, 5.41) is 2.03. The van der Waals surface area contributed by atoms with Crippen molar-refractivity contribution in [2.75, 3.05) is 0 Å². The van der Waals surface area contributed by atoms with Crippen LogP contribution in [0.1, 0.15) is 49.4 Å². The topological polar surface area (TPSA) is 38.5 Å². The minimum Gasteiger partial charge on any atom is -0.387 e. The molecule has 0 saturated heterocycles. The molecule has 0 fully saturated rings. The van der Waals surface area contributed by atoms with Crippen LogP contribution in [0.4, 0.5) is 0 Å². The lowest BCUT2D eigenvalue weighted by molar-refractivity contribution is -0.148. The SMILES string of the molecule is CCCC(C)N1OC(N)=CC1c1ccc(CC)s1. The highest BCUT2D eigenvalue weighted by Crippen LogP contribution is 2.36. The summed E-state index contributed by atoms with van der Waals surface area (Å²) in [6.45, 7) is 6.57. The van der Waals surface area contributed by atoms with Gasteiger partial charge in [-0.05, 0) is 31.9 Å². The van der Waals surface area contributed by atoms with E-state index in [4.69, 9.17) is 10.6 Å². The molecule has 2 atom stereocenters. The molecule has 100 valence electrons. The molecule has 2 rings (SSSR count). The van der Waals surface area contributed by atoms with Gasteiger partial charge in [-0.2, -0.15) is 0 Å². The van der Waals surface area contributed by atoms with Crippen LogP contribution in [0.15, 0.2) is 24.1 Å². The highest BCUT2D eigenvalue weighted by Gasteiger charge is 2.31. The zero-order valence-corrected chi connectivity index (χ0v) is 12.2. The average molecular weight is 266 g/mol. The van der Waals surface area contributed by atoms with Gasteiger partial charge in [-0.3, -0.25) is 0 Å². The lowest BCUT2D eigenvalue weighted by atomic mass is 10.1. The Bertz CT molecular complexity index is 427. The second-order valence-corrected chi connectivity index (χ2v) is 5.96. The minimum atomic E-state index is 0.178. The van der Waals surface area contributed by atoms with Crippen LogP contribution in [-0.4, -0.2) is 11.1 Å². The van der Waals surface area contributed by atoms with Crippen molar-refractivity contribution in [3.63, 3.8) is 0 Å². The fraction of sp³-hybridized carbons (Fsp3) is 0.571. The molecule has 0 aromatic carbocycles. The Kier molecular flexibility index (Phi) is 4.30. The molecule has 2 N–H and O–H groups in total. The van der Waals surface area contributed by atoms with Gasteiger partial charge in [-0.1, -0.05) is 20.3 Å². The van der Waals surface area contributed by atoms with Crippen LogP contribution in [0.25, 0.3) is 0 Å². The highest BCUT2D eigenvalue weighted by atomic mass is 32.1. The van der Waals surface area contributed by atoms with E-state index in [0.717, 1.165) is 19.3 Å². The van der Waals surface area contributed by atoms with E-state index < -0.39 is 0 Å². The van der Waals surface area contributed by atoms with Crippen molar-refractivity contribution in [3.8, 4) is 0 Å². The van der Waals surface area contributed by atoms with Gasteiger partial charge in [0, 0.05) is 21.9 Å². The second kappa shape index (κ2) is 5.76. The summed E-state index contributed by atoms with van der Waals surface area (Å²) in [4.78, 5) is 8.39. The second-order valence-electron chi connectivity index (χ2n) is 4.76. The van der Waals surface area contributed by atoms with E-state index in [1.54, 1.807) is 0 Å². The number of thiophene rings is 1. The lowest BCUT2D eigenvalue weighted by Gasteiger charge is -2.27. The number of hydrogen-bond acceptors (Lipinski definition) is 4. The Balaban J connectivity index is 2.17. The maximum Gasteiger partial charge on any atom is 0.207 e.